The minimum atomic E-state index is -3.66. The van der Waals surface area contributed by atoms with E-state index in [1.165, 1.54) is 0 Å². The second-order valence-electron chi connectivity index (χ2n) is 6.87. The van der Waals surface area contributed by atoms with Gasteiger partial charge >= 0.3 is 0 Å². The van der Waals surface area contributed by atoms with E-state index < -0.39 is 10.0 Å². The molecule has 136 valence electrons. The van der Waals surface area contributed by atoms with Gasteiger partial charge < -0.3 is 0 Å². The average Bonchev–Trinajstić information content (AvgIpc) is 2.68. The predicted octanol–water partition coefficient (Wildman–Crippen LogP) is 5.05. The molecule has 1 aliphatic heterocycles. The largest absolute Gasteiger partial charge is 0.264 e. The van der Waals surface area contributed by atoms with Crippen LogP contribution in [0.15, 0.2) is 77.7 Å². The van der Waals surface area contributed by atoms with Crippen LogP contribution < -0.4 is 4.31 Å². The second-order valence-corrected chi connectivity index (χ2v) is 8.74. The molecule has 1 aliphatic rings. The molecule has 3 aromatic rings. The Balaban J connectivity index is 1.88. The van der Waals surface area contributed by atoms with Gasteiger partial charge in [-0.25, -0.2) is 8.42 Å². The van der Waals surface area contributed by atoms with Crippen molar-refractivity contribution >= 4 is 27.4 Å². The molecule has 0 saturated carbocycles. The molecule has 4 heteroatoms. The number of anilines is 1. The van der Waals surface area contributed by atoms with E-state index in [1.54, 1.807) is 16.4 Å². The Morgan fingerprint density at radius 2 is 1.52 bits per heavy atom. The number of nitrogens with zero attached hydrogens (tertiary/aromatic N) is 1. The normalized spacial score (nSPS) is 13.9. The van der Waals surface area contributed by atoms with E-state index in [0.29, 0.717) is 11.4 Å². The maximum atomic E-state index is 13.5. The van der Waals surface area contributed by atoms with Gasteiger partial charge in [0.15, 0.2) is 0 Å². The zero-order valence-electron chi connectivity index (χ0n) is 15.4. The van der Waals surface area contributed by atoms with Gasteiger partial charge in [-0.05, 0) is 54.3 Å². The van der Waals surface area contributed by atoms with Crippen LogP contribution in [0.25, 0.3) is 11.6 Å². The quantitative estimate of drug-likeness (QED) is 0.642. The van der Waals surface area contributed by atoms with Crippen LogP contribution in [0.2, 0.25) is 0 Å². The Morgan fingerprint density at radius 1 is 0.815 bits per heavy atom. The zero-order valence-corrected chi connectivity index (χ0v) is 16.2. The lowest BCUT2D eigenvalue weighted by molar-refractivity contribution is 0.593. The van der Waals surface area contributed by atoms with Crippen molar-refractivity contribution in [2.75, 3.05) is 10.8 Å². The topological polar surface area (TPSA) is 37.4 Å². The van der Waals surface area contributed by atoms with Crippen molar-refractivity contribution < 1.29 is 8.42 Å². The Hall–Kier alpha value is -2.85. The summed E-state index contributed by atoms with van der Waals surface area (Å²) in [7, 11) is -3.66. The third kappa shape index (κ3) is 3.17. The monoisotopic (exact) mass is 375 g/mol. The number of fused-ring (bicyclic) bond motifs is 1. The molecule has 27 heavy (non-hydrogen) atoms. The van der Waals surface area contributed by atoms with Crippen LogP contribution in [-0.4, -0.2) is 15.0 Å². The van der Waals surface area contributed by atoms with E-state index in [-0.39, 0.29) is 0 Å². The van der Waals surface area contributed by atoms with Gasteiger partial charge in [-0.3, -0.25) is 4.31 Å². The highest BCUT2D eigenvalue weighted by atomic mass is 32.2. The van der Waals surface area contributed by atoms with Crippen LogP contribution in [-0.2, 0) is 10.0 Å². The van der Waals surface area contributed by atoms with Crippen LogP contribution in [0.5, 0.6) is 0 Å². The standard InChI is InChI=1S/C23H21NO2S/c1-17-11-13-22(14-12-17)27(25,26)24-16-21(19-8-4-3-5-9-19)15-20-10-6-7-18(2)23(20)24/h3-15H,16H2,1-2H3. The molecule has 0 unspecified atom stereocenters. The number of rotatable bonds is 3. The first-order valence-electron chi connectivity index (χ1n) is 8.92. The molecule has 0 bridgehead atoms. The third-order valence-electron chi connectivity index (χ3n) is 4.92. The maximum absolute atomic E-state index is 13.5. The van der Waals surface area contributed by atoms with Crippen molar-refractivity contribution in [1.82, 2.24) is 0 Å². The first kappa shape index (κ1) is 17.6. The van der Waals surface area contributed by atoms with Gasteiger partial charge in [0, 0.05) is 0 Å². The third-order valence-corrected chi connectivity index (χ3v) is 6.68. The molecule has 1 heterocycles. The summed E-state index contributed by atoms with van der Waals surface area (Å²) < 4.78 is 28.5. The van der Waals surface area contributed by atoms with E-state index in [0.717, 1.165) is 33.5 Å². The number of para-hydroxylation sites is 1. The molecule has 0 aromatic heterocycles. The fraction of sp³-hybridized carbons (Fsp3) is 0.130. The molecule has 0 saturated heterocycles. The summed E-state index contributed by atoms with van der Waals surface area (Å²) in [4.78, 5) is 0.316. The Labute approximate surface area is 160 Å². The Kier molecular flexibility index (Phi) is 4.36. The number of hydrogen-bond acceptors (Lipinski definition) is 2. The summed E-state index contributed by atoms with van der Waals surface area (Å²) >= 11 is 0. The van der Waals surface area contributed by atoms with Crippen molar-refractivity contribution in [3.63, 3.8) is 0 Å². The van der Waals surface area contributed by atoms with Gasteiger partial charge in [0.25, 0.3) is 10.0 Å². The summed E-state index contributed by atoms with van der Waals surface area (Å²) in [6.45, 7) is 4.23. The molecule has 0 atom stereocenters. The SMILES string of the molecule is Cc1ccc(S(=O)(=O)N2CC(c3ccccc3)=Cc3cccc(C)c32)cc1. The lowest BCUT2D eigenvalue weighted by Crippen LogP contribution is -2.35. The summed E-state index contributed by atoms with van der Waals surface area (Å²) in [5.74, 6) is 0. The summed E-state index contributed by atoms with van der Waals surface area (Å²) in [5.41, 5.74) is 5.70. The van der Waals surface area contributed by atoms with E-state index in [1.807, 2.05) is 74.5 Å². The van der Waals surface area contributed by atoms with Crippen molar-refractivity contribution in [2.45, 2.75) is 18.7 Å². The van der Waals surface area contributed by atoms with Gasteiger partial charge in [-0.1, -0.05) is 66.2 Å². The minimum absolute atomic E-state index is 0.316. The molecule has 3 nitrogen and oxygen atoms in total. The molecule has 0 aliphatic carbocycles. The molecule has 0 radical (unpaired) electrons. The fourth-order valence-corrected chi connectivity index (χ4v) is 5.01. The number of hydrogen-bond donors (Lipinski definition) is 0. The van der Waals surface area contributed by atoms with E-state index in [9.17, 15) is 8.42 Å². The summed E-state index contributed by atoms with van der Waals surface area (Å²) in [5, 5.41) is 0. The van der Waals surface area contributed by atoms with E-state index in [2.05, 4.69) is 6.08 Å². The average molecular weight is 375 g/mol. The first-order chi connectivity index (χ1) is 13.0. The lowest BCUT2D eigenvalue weighted by atomic mass is 9.97. The van der Waals surface area contributed by atoms with Crippen molar-refractivity contribution in [1.29, 1.82) is 0 Å². The Morgan fingerprint density at radius 3 is 2.22 bits per heavy atom. The summed E-state index contributed by atoms with van der Waals surface area (Å²) in [6.07, 6.45) is 2.10. The smallest absolute Gasteiger partial charge is 0.261 e. The highest BCUT2D eigenvalue weighted by molar-refractivity contribution is 7.92. The number of benzene rings is 3. The van der Waals surface area contributed by atoms with Gasteiger partial charge in [0.1, 0.15) is 0 Å². The van der Waals surface area contributed by atoms with Crippen LogP contribution in [0.4, 0.5) is 5.69 Å². The molecular weight excluding hydrogens is 354 g/mol. The van der Waals surface area contributed by atoms with Crippen LogP contribution in [0.1, 0.15) is 22.3 Å². The first-order valence-corrected chi connectivity index (χ1v) is 10.4. The number of sulfonamides is 1. The maximum Gasteiger partial charge on any atom is 0.264 e. The van der Waals surface area contributed by atoms with Crippen LogP contribution in [0, 0.1) is 13.8 Å². The molecular formula is C23H21NO2S. The van der Waals surface area contributed by atoms with E-state index >= 15 is 0 Å². The highest BCUT2D eigenvalue weighted by Crippen LogP contribution is 2.38. The van der Waals surface area contributed by atoms with Crippen molar-refractivity contribution in [3.05, 3.63) is 95.1 Å². The van der Waals surface area contributed by atoms with Gasteiger partial charge in [-0.2, -0.15) is 0 Å². The Bertz CT molecular complexity index is 1110. The molecule has 0 amide bonds. The molecule has 0 N–H and O–H groups in total. The van der Waals surface area contributed by atoms with Gasteiger partial charge in [-0.15, -0.1) is 0 Å². The minimum Gasteiger partial charge on any atom is -0.261 e. The van der Waals surface area contributed by atoms with E-state index in [4.69, 9.17) is 0 Å². The molecule has 0 spiro atoms. The predicted molar refractivity (Wildman–Crippen MR) is 111 cm³/mol. The second kappa shape index (κ2) is 6.71. The van der Waals surface area contributed by atoms with Crippen LogP contribution >= 0.6 is 0 Å². The number of aryl methyl sites for hydroxylation is 2. The summed E-state index contributed by atoms with van der Waals surface area (Å²) in [6, 6.07) is 22.9. The fourth-order valence-electron chi connectivity index (χ4n) is 3.48. The van der Waals surface area contributed by atoms with Crippen LogP contribution in [0.3, 0.4) is 0 Å². The molecule has 3 aromatic carbocycles. The van der Waals surface area contributed by atoms with Crippen molar-refractivity contribution in [3.8, 4) is 0 Å². The lowest BCUT2D eigenvalue weighted by Gasteiger charge is -2.32. The van der Waals surface area contributed by atoms with Crippen molar-refractivity contribution in [2.24, 2.45) is 0 Å². The molecule has 0 fully saturated rings. The highest BCUT2D eigenvalue weighted by Gasteiger charge is 2.31. The van der Waals surface area contributed by atoms with Gasteiger partial charge in [0.05, 0.1) is 17.1 Å². The molecule has 4 rings (SSSR count). The van der Waals surface area contributed by atoms with Gasteiger partial charge in [0.2, 0.25) is 0 Å². The zero-order chi connectivity index (χ0) is 19.0.